The van der Waals surface area contributed by atoms with Gasteiger partial charge < -0.3 is 15.4 Å². The number of hydrogen-bond acceptors (Lipinski definition) is 3. The van der Waals surface area contributed by atoms with E-state index >= 15 is 0 Å². The fourth-order valence-electron chi connectivity index (χ4n) is 3.69. The molecule has 6 heteroatoms. The third-order valence-electron chi connectivity index (χ3n) is 5.22. The van der Waals surface area contributed by atoms with Crippen molar-refractivity contribution in [3.8, 4) is 5.75 Å². The van der Waals surface area contributed by atoms with Crippen LogP contribution < -0.4 is 20.3 Å². The fourth-order valence-corrected chi connectivity index (χ4v) is 4.05. The number of allylic oxidation sites excluding steroid dienone is 1. The standard InChI is InChI=1S/C25H23N3O2S/c1-17-22(24(29)26-19-9-5-3-6-10-19)23(18-13-15-21(30-2)16-14-18)27-25(31)28(17)20-11-7-4-8-12-20/h3-16,23H,1-2H3,(H,26,29)(H,27,31)/t23-/m1/s1. The Morgan fingerprint density at radius 3 is 2.19 bits per heavy atom. The molecule has 0 bridgehead atoms. The van der Waals surface area contributed by atoms with Crippen molar-refractivity contribution in [3.63, 3.8) is 0 Å². The number of benzene rings is 3. The van der Waals surface area contributed by atoms with E-state index < -0.39 is 0 Å². The molecule has 0 fully saturated rings. The third kappa shape index (κ3) is 4.29. The zero-order valence-electron chi connectivity index (χ0n) is 17.3. The number of amides is 1. The van der Waals surface area contributed by atoms with Gasteiger partial charge in [-0.15, -0.1) is 0 Å². The van der Waals surface area contributed by atoms with E-state index in [1.807, 2.05) is 96.8 Å². The molecule has 1 atom stereocenters. The summed E-state index contributed by atoms with van der Waals surface area (Å²) in [6.07, 6.45) is 0. The van der Waals surface area contributed by atoms with Gasteiger partial charge in [-0.1, -0.05) is 48.5 Å². The Kier molecular flexibility index (Phi) is 6.00. The van der Waals surface area contributed by atoms with Crippen LogP contribution in [0.3, 0.4) is 0 Å². The van der Waals surface area contributed by atoms with Gasteiger partial charge in [0.1, 0.15) is 5.75 Å². The van der Waals surface area contributed by atoms with E-state index in [2.05, 4.69) is 10.6 Å². The van der Waals surface area contributed by atoms with E-state index in [9.17, 15) is 4.79 Å². The van der Waals surface area contributed by atoms with Gasteiger partial charge in [-0.3, -0.25) is 9.69 Å². The number of methoxy groups -OCH3 is 1. The number of hydrogen-bond donors (Lipinski definition) is 2. The Labute approximate surface area is 187 Å². The molecule has 1 aliphatic heterocycles. The molecule has 3 aromatic carbocycles. The van der Waals surface area contributed by atoms with Crippen LogP contribution in [0.1, 0.15) is 18.5 Å². The van der Waals surface area contributed by atoms with Crippen molar-refractivity contribution >= 4 is 34.6 Å². The van der Waals surface area contributed by atoms with Crippen LogP contribution in [-0.2, 0) is 4.79 Å². The lowest BCUT2D eigenvalue weighted by Crippen LogP contribution is -2.48. The van der Waals surface area contributed by atoms with Gasteiger partial charge in [0.05, 0.1) is 18.7 Å². The van der Waals surface area contributed by atoms with Crippen LogP contribution in [0.2, 0.25) is 0 Å². The van der Waals surface area contributed by atoms with Gasteiger partial charge in [0.25, 0.3) is 5.91 Å². The summed E-state index contributed by atoms with van der Waals surface area (Å²) in [7, 11) is 1.63. The summed E-state index contributed by atoms with van der Waals surface area (Å²) >= 11 is 5.71. The summed E-state index contributed by atoms with van der Waals surface area (Å²) in [6, 6.07) is 26.5. The number of nitrogens with zero attached hydrogens (tertiary/aromatic N) is 1. The molecule has 4 rings (SSSR count). The predicted octanol–water partition coefficient (Wildman–Crippen LogP) is 5.04. The average molecular weight is 430 g/mol. The van der Waals surface area contributed by atoms with Crippen molar-refractivity contribution in [3.05, 3.63) is 102 Å². The normalized spacial score (nSPS) is 16.0. The Morgan fingerprint density at radius 1 is 0.968 bits per heavy atom. The maximum atomic E-state index is 13.5. The molecular formula is C25H23N3O2S. The summed E-state index contributed by atoms with van der Waals surface area (Å²) in [4.78, 5) is 15.4. The molecule has 1 heterocycles. The monoisotopic (exact) mass is 429 g/mol. The van der Waals surface area contributed by atoms with Crippen molar-refractivity contribution in [2.24, 2.45) is 0 Å². The summed E-state index contributed by atoms with van der Waals surface area (Å²) in [5.41, 5.74) is 3.94. The smallest absolute Gasteiger partial charge is 0.255 e. The van der Waals surface area contributed by atoms with Crippen LogP contribution in [-0.4, -0.2) is 18.1 Å². The molecule has 0 aliphatic carbocycles. The molecule has 5 nitrogen and oxygen atoms in total. The molecule has 31 heavy (non-hydrogen) atoms. The first-order chi connectivity index (χ1) is 15.1. The first-order valence-corrected chi connectivity index (χ1v) is 10.4. The fraction of sp³-hybridized carbons (Fsp3) is 0.120. The minimum absolute atomic E-state index is 0.180. The summed E-state index contributed by atoms with van der Waals surface area (Å²) < 4.78 is 5.28. The van der Waals surface area contributed by atoms with E-state index in [1.54, 1.807) is 7.11 Å². The maximum Gasteiger partial charge on any atom is 0.255 e. The van der Waals surface area contributed by atoms with Crippen LogP contribution in [0.25, 0.3) is 0 Å². The number of carbonyl (C=O) groups is 1. The molecule has 0 radical (unpaired) electrons. The average Bonchev–Trinajstić information content (AvgIpc) is 2.80. The molecular weight excluding hydrogens is 406 g/mol. The lowest BCUT2D eigenvalue weighted by Gasteiger charge is -2.38. The van der Waals surface area contributed by atoms with Crippen molar-refractivity contribution in [2.45, 2.75) is 13.0 Å². The molecule has 156 valence electrons. The molecule has 0 aromatic heterocycles. The second kappa shape index (κ2) is 9.02. The first kappa shape index (κ1) is 20.6. The lowest BCUT2D eigenvalue weighted by atomic mass is 9.94. The molecule has 1 aliphatic rings. The molecule has 2 N–H and O–H groups in total. The zero-order valence-corrected chi connectivity index (χ0v) is 18.1. The number of carbonyl (C=O) groups excluding carboxylic acids is 1. The second-order valence-corrected chi connectivity index (χ2v) is 7.53. The van der Waals surface area contributed by atoms with Crippen LogP contribution in [0.15, 0.2) is 96.2 Å². The molecule has 0 unspecified atom stereocenters. The van der Waals surface area contributed by atoms with Gasteiger partial charge in [-0.2, -0.15) is 0 Å². The van der Waals surface area contributed by atoms with Crippen LogP contribution in [0.4, 0.5) is 11.4 Å². The van der Waals surface area contributed by atoms with Crippen molar-refractivity contribution in [1.82, 2.24) is 5.32 Å². The second-order valence-electron chi connectivity index (χ2n) is 7.15. The first-order valence-electron chi connectivity index (χ1n) is 9.95. The van der Waals surface area contributed by atoms with Gasteiger partial charge in [-0.25, -0.2) is 0 Å². The summed E-state index contributed by atoms with van der Waals surface area (Å²) in [5, 5.41) is 6.93. The Hall–Kier alpha value is -3.64. The van der Waals surface area contributed by atoms with Gasteiger partial charge in [-0.05, 0) is 61.1 Å². The van der Waals surface area contributed by atoms with E-state index in [0.29, 0.717) is 10.7 Å². The maximum absolute atomic E-state index is 13.5. The minimum Gasteiger partial charge on any atom is -0.497 e. The van der Waals surface area contributed by atoms with Gasteiger partial charge in [0, 0.05) is 17.1 Å². The van der Waals surface area contributed by atoms with Crippen molar-refractivity contribution in [1.29, 1.82) is 0 Å². The largest absolute Gasteiger partial charge is 0.497 e. The molecule has 0 saturated carbocycles. The molecule has 0 spiro atoms. The molecule has 3 aromatic rings. The quantitative estimate of drug-likeness (QED) is 0.556. The van der Waals surface area contributed by atoms with Crippen molar-refractivity contribution in [2.75, 3.05) is 17.3 Å². The highest BCUT2D eigenvalue weighted by Crippen LogP contribution is 2.34. The van der Waals surface area contributed by atoms with E-state index in [0.717, 1.165) is 28.4 Å². The van der Waals surface area contributed by atoms with Gasteiger partial charge in [0.15, 0.2) is 5.11 Å². The number of rotatable bonds is 5. The number of nitrogens with one attached hydrogen (secondary N) is 2. The number of thiocarbonyl (C=S) groups is 1. The van der Waals surface area contributed by atoms with E-state index in [-0.39, 0.29) is 11.9 Å². The highest BCUT2D eigenvalue weighted by molar-refractivity contribution is 7.80. The van der Waals surface area contributed by atoms with Crippen LogP contribution in [0.5, 0.6) is 5.75 Å². The minimum atomic E-state index is -0.387. The Morgan fingerprint density at radius 2 is 1.58 bits per heavy atom. The highest BCUT2D eigenvalue weighted by Gasteiger charge is 2.34. The SMILES string of the molecule is COc1ccc([C@H]2NC(=S)N(c3ccccc3)C(C)=C2C(=O)Nc2ccccc2)cc1. The van der Waals surface area contributed by atoms with E-state index in [1.165, 1.54) is 0 Å². The summed E-state index contributed by atoms with van der Waals surface area (Å²) in [5.74, 6) is 0.574. The van der Waals surface area contributed by atoms with E-state index in [4.69, 9.17) is 17.0 Å². The Bertz CT molecular complexity index is 1110. The molecule has 0 saturated heterocycles. The summed E-state index contributed by atoms with van der Waals surface area (Å²) in [6.45, 7) is 1.93. The topological polar surface area (TPSA) is 53.6 Å². The molecule has 1 amide bonds. The van der Waals surface area contributed by atoms with Crippen molar-refractivity contribution < 1.29 is 9.53 Å². The highest BCUT2D eigenvalue weighted by atomic mass is 32.1. The number of para-hydroxylation sites is 2. The number of anilines is 2. The number of ether oxygens (including phenoxy) is 1. The van der Waals surface area contributed by atoms with Crippen LogP contribution in [0, 0.1) is 0 Å². The van der Waals surface area contributed by atoms with Gasteiger partial charge >= 0.3 is 0 Å². The zero-order chi connectivity index (χ0) is 21.8. The van der Waals surface area contributed by atoms with Gasteiger partial charge in [0.2, 0.25) is 0 Å². The Balaban J connectivity index is 1.79. The predicted molar refractivity (Wildman–Crippen MR) is 128 cm³/mol. The third-order valence-corrected chi connectivity index (χ3v) is 5.53. The lowest BCUT2D eigenvalue weighted by molar-refractivity contribution is -0.113. The van der Waals surface area contributed by atoms with Crippen LogP contribution >= 0.6 is 12.2 Å².